The average molecular weight is 438 g/mol. The van der Waals surface area contributed by atoms with Gasteiger partial charge in [0.05, 0.1) is 21.0 Å². The molecule has 0 unspecified atom stereocenters. The van der Waals surface area contributed by atoms with Crippen LogP contribution in [0, 0.1) is 20.2 Å². The minimum Gasteiger partial charge on any atom is -0.478 e. The number of nitro groups is 2. The molecule has 2 rings (SSSR count). The molecule has 0 saturated heterocycles. The molecule has 10 nitrogen and oxygen atoms in total. The lowest BCUT2D eigenvalue weighted by Crippen LogP contribution is -1.98. The van der Waals surface area contributed by atoms with Gasteiger partial charge < -0.3 is 10.2 Å². The molecule has 0 fully saturated rings. The normalized spacial score (nSPS) is 9.74. The number of benzene rings is 2. The van der Waals surface area contributed by atoms with Gasteiger partial charge in [-0.2, -0.15) is 0 Å². The van der Waals surface area contributed by atoms with Crippen LogP contribution in [-0.2, 0) is 0 Å². The first-order valence-corrected chi connectivity index (χ1v) is 7.63. The van der Waals surface area contributed by atoms with Crippen molar-refractivity contribution in [2.75, 3.05) is 0 Å². The van der Waals surface area contributed by atoms with Gasteiger partial charge in [-0.3, -0.25) is 20.2 Å². The van der Waals surface area contributed by atoms with E-state index in [0.29, 0.717) is 0 Å². The van der Waals surface area contributed by atoms with Gasteiger partial charge in [0.1, 0.15) is 15.1 Å². The lowest BCUT2D eigenvalue weighted by atomic mass is 10.2. The zero-order valence-corrected chi connectivity index (χ0v) is 15.0. The average Bonchev–Trinajstić information content (AvgIpc) is 2.54. The molecule has 0 spiro atoms. The van der Waals surface area contributed by atoms with Gasteiger partial charge in [-0.1, -0.05) is 34.8 Å². The largest absolute Gasteiger partial charge is 0.478 e. The Kier molecular flexibility index (Phi) is 7.46. The van der Waals surface area contributed by atoms with Crippen LogP contribution in [0.4, 0.5) is 11.4 Å². The third kappa shape index (κ3) is 5.78. The van der Waals surface area contributed by atoms with Gasteiger partial charge in [-0.05, 0) is 24.3 Å². The number of hydrogen-bond donors (Lipinski definition) is 2. The minimum absolute atomic E-state index is 0.0741. The number of nitro benzene ring substituents is 2. The summed E-state index contributed by atoms with van der Waals surface area (Å²) in [6.45, 7) is 0. The summed E-state index contributed by atoms with van der Waals surface area (Å²) in [6, 6.07) is 5.27. The van der Waals surface area contributed by atoms with Crippen molar-refractivity contribution in [3.63, 3.8) is 0 Å². The van der Waals surface area contributed by atoms with Gasteiger partial charge in [-0.15, -0.1) is 0 Å². The van der Waals surface area contributed by atoms with E-state index in [2.05, 4.69) is 0 Å². The fraction of sp³-hybridized carbons (Fsp3) is 0. The summed E-state index contributed by atoms with van der Waals surface area (Å²) in [4.78, 5) is 40.2. The highest BCUT2D eigenvalue weighted by atomic mass is 35.5. The van der Waals surface area contributed by atoms with Gasteiger partial charge in [0.25, 0.3) is 5.69 Å². The second-order valence-electron chi connectivity index (χ2n) is 4.58. The summed E-state index contributed by atoms with van der Waals surface area (Å²) >= 11 is 16.4. The second-order valence-corrected chi connectivity index (χ2v) is 5.80. The van der Waals surface area contributed by atoms with E-state index in [1.807, 2.05) is 0 Å². The Balaban J connectivity index is 0.000000271. The zero-order valence-electron chi connectivity index (χ0n) is 12.8. The van der Waals surface area contributed by atoms with Gasteiger partial charge in [0, 0.05) is 6.07 Å². The Morgan fingerprint density at radius 2 is 1.26 bits per heavy atom. The van der Waals surface area contributed by atoms with Crippen LogP contribution in [0.1, 0.15) is 20.7 Å². The lowest BCUT2D eigenvalue weighted by Gasteiger charge is -1.99. The van der Waals surface area contributed by atoms with E-state index >= 15 is 0 Å². The summed E-state index contributed by atoms with van der Waals surface area (Å²) in [5, 5.41) is 37.2. The van der Waals surface area contributed by atoms with Crippen molar-refractivity contribution in [2.45, 2.75) is 0 Å². The molecule has 13 heteroatoms. The molecule has 27 heavy (non-hydrogen) atoms. The molecule has 0 amide bonds. The van der Waals surface area contributed by atoms with Crippen molar-refractivity contribution in [3.05, 3.63) is 76.8 Å². The summed E-state index contributed by atoms with van der Waals surface area (Å²) < 4.78 is 0. The molecule has 0 aromatic heterocycles. The molecule has 2 aromatic carbocycles. The molecule has 0 bridgehead atoms. The van der Waals surface area contributed by atoms with Crippen LogP contribution in [0.25, 0.3) is 0 Å². The Labute approximate surface area is 164 Å². The number of carbonyl (C=O) groups is 2. The van der Waals surface area contributed by atoms with E-state index in [1.54, 1.807) is 0 Å². The van der Waals surface area contributed by atoms with Gasteiger partial charge in [0.2, 0.25) is 0 Å². The maximum Gasteiger partial charge on any atom is 0.335 e. The Morgan fingerprint density at radius 3 is 1.63 bits per heavy atom. The number of rotatable bonds is 4. The Hall–Kier alpha value is -2.95. The van der Waals surface area contributed by atoms with Crippen LogP contribution in [0.2, 0.25) is 15.1 Å². The van der Waals surface area contributed by atoms with E-state index < -0.39 is 33.2 Å². The zero-order chi connectivity index (χ0) is 20.9. The van der Waals surface area contributed by atoms with Crippen LogP contribution >= 0.6 is 34.8 Å². The Bertz CT molecular complexity index is 925. The van der Waals surface area contributed by atoms with Crippen molar-refractivity contribution < 1.29 is 29.6 Å². The highest BCUT2D eigenvalue weighted by molar-refractivity contribution is 6.38. The number of carboxylic acid groups (broad SMARTS) is 2. The topological polar surface area (TPSA) is 161 Å². The first kappa shape index (κ1) is 22.1. The third-order valence-electron chi connectivity index (χ3n) is 2.84. The number of nitrogens with zero attached hydrogens (tertiary/aromatic N) is 2. The number of hydrogen-bond acceptors (Lipinski definition) is 6. The third-order valence-corrected chi connectivity index (χ3v) is 3.73. The first-order chi connectivity index (χ1) is 12.5. The maximum absolute atomic E-state index is 10.5. The fourth-order valence-corrected chi connectivity index (χ4v) is 2.46. The molecule has 0 radical (unpaired) electrons. The lowest BCUT2D eigenvalue weighted by molar-refractivity contribution is -0.384. The molecule has 2 N–H and O–H groups in total. The molecule has 0 heterocycles. The first-order valence-electron chi connectivity index (χ1n) is 6.49. The standard InChI is InChI=1S/C7H3Cl2NO4.C7H4ClNO4/c8-4-1-3(7(11)12)2-5(9)6(4)10(13)14;8-5-2-1-4(7(10)11)3-6(5)9(12)13/h1-2H,(H,11,12);1-3H,(H,10,11). The molecular formula is C14H7Cl3N2O8. The highest BCUT2D eigenvalue weighted by Gasteiger charge is 2.20. The van der Waals surface area contributed by atoms with Crippen LogP contribution in [0.15, 0.2) is 30.3 Å². The summed E-state index contributed by atoms with van der Waals surface area (Å²) in [6.07, 6.45) is 0. The van der Waals surface area contributed by atoms with E-state index in [0.717, 1.165) is 18.2 Å². The van der Waals surface area contributed by atoms with E-state index in [4.69, 9.17) is 45.0 Å². The SMILES string of the molecule is O=C(O)c1cc(Cl)c([N+](=O)[O-])c(Cl)c1.O=C(O)c1ccc(Cl)c([N+](=O)[O-])c1. The number of carboxylic acids is 2. The second kappa shape index (κ2) is 9.12. The maximum atomic E-state index is 10.5. The van der Waals surface area contributed by atoms with Crippen molar-refractivity contribution in [1.82, 2.24) is 0 Å². The smallest absolute Gasteiger partial charge is 0.335 e. The summed E-state index contributed by atoms with van der Waals surface area (Å²) in [5.74, 6) is -2.47. The minimum atomic E-state index is -1.25. The monoisotopic (exact) mass is 436 g/mol. The van der Waals surface area contributed by atoms with Gasteiger partial charge in [-0.25, -0.2) is 9.59 Å². The predicted molar refractivity (Wildman–Crippen MR) is 95.1 cm³/mol. The number of halogens is 3. The molecule has 0 atom stereocenters. The molecule has 0 saturated carbocycles. The van der Waals surface area contributed by atoms with Crippen molar-refractivity contribution in [2.24, 2.45) is 0 Å². The van der Waals surface area contributed by atoms with Crippen LogP contribution < -0.4 is 0 Å². The fourth-order valence-electron chi connectivity index (χ4n) is 1.65. The molecule has 2 aromatic rings. The van der Waals surface area contributed by atoms with Crippen molar-refractivity contribution >= 4 is 58.1 Å². The molecule has 0 aliphatic carbocycles. The summed E-state index contributed by atoms with van der Waals surface area (Å²) in [5.41, 5.74) is -1.23. The van der Waals surface area contributed by atoms with Crippen LogP contribution in [0.5, 0.6) is 0 Å². The van der Waals surface area contributed by atoms with E-state index in [1.165, 1.54) is 12.1 Å². The van der Waals surface area contributed by atoms with Crippen molar-refractivity contribution in [3.8, 4) is 0 Å². The molecule has 0 aliphatic heterocycles. The molecule has 0 aliphatic rings. The van der Waals surface area contributed by atoms with Crippen LogP contribution in [0.3, 0.4) is 0 Å². The van der Waals surface area contributed by atoms with E-state index in [-0.39, 0.29) is 26.2 Å². The van der Waals surface area contributed by atoms with Gasteiger partial charge >= 0.3 is 17.6 Å². The van der Waals surface area contributed by atoms with Crippen molar-refractivity contribution in [1.29, 1.82) is 0 Å². The van der Waals surface area contributed by atoms with Gasteiger partial charge in [0.15, 0.2) is 0 Å². The number of aromatic carboxylic acids is 2. The highest BCUT2D eigenvalue weighted by Crippen LogP contribution is 2.33. The summed E-state index contributed by atoms with van der Waals surface area (Å²) in [7, 11) is 0. The predicted octanol–water partition coefficient (Wildman–Crippen LogP) is 4.55. The molecule has 142 valence electrons. The Morgan fingerprint density at radius 1 is 0.778 bits per heavy atom. The quantitative estimate of drug-likeness (QED) is 0.520. The van der Waals surface area contributed by atoms with E-state index in [9.17, 15) is 29.8 Å². The molecular weight excluding hydrogens is 431 g/mol. The van der Waals surface area contributed by atoms with Crippen LogP contribution in [-0.4, -0.2) is 32.0 Å².